The van der Waals surface area contributed by atoms with Crippen LogP contribution in [0.25, 0.3) is 11.3 Å². The fraction of sp³-hybridized carbons (Fsp3) is 0.524. The smallest absolute Gasteiger partial charge is 0.145 e. The monoisotopic (exact) mass is 434 g/mol. The predicted molar refractivity (Wildman–Crippen MR) is 121 cm³/mol. The van der Waals surface area contributed by atoms with Crippen LogP contribution in [0.4, 0.5) is 11.6 Å². The number of hydrogen-bond donors (Lipinski definition) is 3. The van der Waals surface area contributed by atoms with Gasteiger partial charge < -0.3 is 25.5 Å². The molecule has 2 aliphatic heterocycles. The van der Waals surface area contributed by atoms with E-state index in [-0.39, 0.29) is 0 Å². The Bertz CT molecular complexity index is 746. The fourth-order valence-electron chi connectivity index (χ4n) is 3.18. The minimum atomic E-state index is 0.555. The second-order valence-electron chi connectivity index (χ2n) is 6.98. The van der Waals surface area contributed by atoms with Gasteiger partial charge >= 0.3 is 0 Å². The third-order valence-corrected chi connectivity index (χ3v) is 5.19. The van der Waals surface area contributed by atoms with Gasteiger partial charge in [-0.05, 0) is 50.8 Å². The normalized spacial score (nSPS) is 15.9. The molecule has 3 N–H and O–H groups in total. The van der Waals surface area contributed by atoms with Crippen molar-refractivity contribution in [3.63, 3.8) is 0 Å². The summed E-state index contributed by atoms with van der Waals surface area (Å²) in [6.45, 7) is 7.07. The highest BCUT2D eigenvalue weighted by molar-refractivity contribution is 6.33. The lowest BCUT2D eigenvalue weighted by molar-refractivity contribution is -0.0979. The quantitative estimate of drug-likeness (QED) is 0.659. The fourth-order valence-corrected chi connectivity index (χ4v) is 3.38. The van der Waals surface area contributed by atoms with E-state index in [1.807, 2.05) is 19.9 Å². The van der Waals surface area contributed by atoms with Gasteiger partial charge in [0.25, 0.3) is 0 Å². The molecule has 0 bridgehead atoms. The Morgan fingerprint density at radius 3 is 2.53 bits per heavy atom. The van der Waals surface area contributed by atoms with Crippen molar-refractivity contribution in [2.45, 2.75) is 25.7 Å². The molecule has 0 aromatic carbocycles. The standard InChI is InChI=1S/C16H20ClN5O.C4H9N.CH2O/c1-18-15-6-12(13(17)8-21-15)14-9-19-10-16(22-14)20-7-11-2-4-23-5-3-11;1-2-4-5-3-1;1-2/h6,8-11H,2-5,7H2,1H3,(H,18,21)(H,20,22);5H,1-4H2;1H2. The first-order valence-corrected chi connectivity index (χ1v) is 10.6. The molecule has 8 nitrogen and oxygen atoms in total. The summed E-state index contributed by atoms with van der Waals surface area (Å²) >= 11 is 6.25. The van der Waals surface area contributed by atoms with Crippen LogP contribution in [0, 0.1) is 5.92 Å². The SMILES string of the molecule is C1CCNC1.C=O.CNc1cc(-c2cncc(NCC3CCOCC3)n2)c(Cl)cn1. The Kier molecular flexibility index (Phi) is 11.1. The Labute approximate surface area is 183 Å². The molecule has 0 radical (unpaired) electrons. The van der Waals surface area contributed by atoms with Gasteiger partial charge in [0.05, 0.1) is 23.1 Å². The van der Waals surface area contributed by atoms with E-state index >= 15 is 0 Å². The second-order valence-corrected chi connectivity index (χ2v) is 7.39. The van der Waals surface area contributed by atoms with Crippen LogP contribution >= 0.6 is 11.6 Å². The summed E-state index contributed by atoms with van der Waals surface area (Å²) in [6.07, 6.45) is 10.0. The number of rotatable bonds is 5. The lowest BCUT2D eigenvalue weighted by Crippen LogP contribution is -2.23. The van der Waals surface area contributed by atoms with Crippen LogP contribution in [-0.4, -0.2) is 61.6 Å². The molecule has 0 unspecified atom stereocenters. The van der Waals surface area contributed by atoms with Crippen LogP contribution in [0.2, 0.25) is 5.02 Å². The molecular formula is C21H31ClN6O2. The highest BCUT2D eigenvalue weighted by atomic mass is 35.5. The molecule has 9 heteroatoms. The number of carbonyl (C=O) groups excluding carboxylic acids is 1. The van der Waals surface area contributed by atoms with Crippen molar-refractivity contribution in [3.05, 3.63) is 29.7 Å². The van der Waals surface area contributed by atoms with E-state index < -0.39 is 0 Å². The van der Waals surface area contributed by atoms with Gasteiger partial charge in [-0.1, -0.05) is 11.6 Å². The van der Waals surface area contributed by atoms with Crippen molar-refractivity contribution in [2.24, 2.45) is 5.92 Å². The Balaban J connectivity index is 0.000000393. The van der Waals surface area contributed by atoms with E-state index in [1.54, 1.807) is 18.6 Å². The topological polar surface area (TPSA) is 101 Å². The zero-order chi connectivity index (χ0) is 21.6. The van der Waals surface area contributed by atoms with Crippen molar-refractivity contribution < 1.29 is 9.53 Å². The molecule has 0 saturated carbocycles. The number of aromatic nitrogens is 3. The molecule has 4 heterocycles. The Morgan fingerprint density at radius 1 is 1.17 bits per heavy atom. The highest BCUT2D eigenvalue weighted by Gasteiger charge is 2.14. The molecule has 0 aliphatic carbocycles. The number of halogens is 1. The van der Waals surface area contributed by atoms with E-state index in [0.717, 1.165) is 55.5 Å². The molecule has 4 rings (SSSR count). The number of pyridine rings is 1. The highest BCUT2D eigenvalue weighted by Crippen LogP contribution is 2.28. The van der Waals surface area contributed by atoms with Crippen molar-refractivity contribution in [1.82, 2.24) is 20.3 Å². The molecule has 164 valence electrons. The number of ether oxygens (including phenoxy) is 1. The maximum absolute atomic E-state index is 8.00. The molecule has 30 heavy (non-hydrogen) atoms. The molecule has 0 amide bonds. The average molecular weight is 435 g/mol. The minimum absolute atomic E-state index is 0.555. The average Bonchev–Trinajstić information content (AvgIpc) is 3.41. The summed E-state index contributed by atoms with van der Waals surface area (Å²) in [7, 11) is 1.82. The summed E-state index contributed by atoms with van der Waals surface area (Å²) in [5, 5.41) is 10.1. The summed E-state index contributed by atoms with van der Waals surface area (Å²) in [5.74, 6) is 2.12. The molecule has 2 aliphatic rings. The third kappa shape index (κ3) is 7.85. The maximum Gasteiger partial charge on any atom is 0.145 e. The van der Waals surface area contributed by atoms with E-state index in [1.165, 1.54) is 25.9 Å². The number of nitrogens with one attached hydrogen (secondary N) is 3. The first-order chi connectivity index (χ1) is 14.8. The van der Waals surface area contributed by atoms with Crippen LogP contribution in [0.15, 0.2) is 24.7 Å². The maximum atomic E-state index is 8.00. The molecule has 0 spiro atoms. The first-order valence-electron chi connectivity index (χ1n) is 10.2. The number of hydrogen-bond acceptors (Lipinski definition) is 8. The van der Waals surface area contributed by atoms with E-state index in [4.69, 9.17) is 21.1 Å². The van der Waals surface area contributed by atoms with Gasteiger partial charge in [0.15, 0.2) is 0 Å². The largest absolute Gasteiger partial charge is 0.381 e. The van der Waals surface area contributed by atoms with Crippen LogP contribution in [0.3, 0.4) is 0 Å². The van der Waals surface area contributed by atoms with E-state index in [2.05, 4.69) is 30.9 Å². The van der Waals surface area contributed by atoms with Crippen molar-refractivity contribution in [3.8, 4) is 11.3 Å². The lowest BCUT2D eigenvalue weighted by atomic mass is 10.0. The summed E-state index contributed by atoms with van der Waals surface area (Å²) in [4.78, 5) is 21.1. The second kappa shape index (κ2) is 13.8. The Hall–Kier alpha value is -2.29. The third-order valence-electron chi connectivity index (χ3n) is 4.89. The van der Waals surface area contributed by atoms with Crippen LogP contribution in [-0.2, 0) is 9.53 Å². The zero-order valence-corrected chi connectivity index (χ0v) is 18.2. The zero-order valence-electron chi connectivity index (χ0n) is 17.5. The van der Waals surface area contributed by atoms with Crippen molar-refractivity contribution >= 4 is 30.0 Å². The molecular weight excluding hydrogens is 404 g/mol. The molecule has 2 saturated heterocycles. The number of carbonyl (C=O) groups is 1. The molecule has 2 fully saturated rings. The number of nitrogens with zero attached hydrogens (tertiary/aromatic N) is 3. The summed E-state index contributed by atoms with van der Waals surface area (Å²) in [5.41, 5.74) is 1.54. The number of anilines is 2. The minimum Gasteiger partial charge on any atom is -0.381 e. The van der Waals surface area contributed by atoms with Crippen molar-refractivity contribution in [1.29, 1.82) is 0 Å². The van der Waals surface area contributed by atoms with E-state index in [9.17, 15) is 0 Å². The summed E-state index contributed by atoms with van der Waals surface area (Å²) in [6, 6.07) is 1.87. The van der Waals surface area contributed by atoms with Crippen LogP contribution in [0.5, 0.6) is 0 Å². The first kappa shape index (κ1) is 24.0. The van der Waals surface area contributed by atoms with Gasteiger partial charge in [-0.2, -0.15) is 0 Å². The van der Waals surface area contributed by atoms with E-state index in [0.29, 0.717) is 10.9 Å². The molecule has 2 aromatic heterocycles. The summed E-state index contributed by atoms with van der Waals surface area (Å²) < 4.78 is 5.38. The lowest BCUT2D eigenvalue weighted by Gasteiger charge is -2.22. The molecule has 2 aromatic rings. The van der Waals surface area contributed by atoms with Crippen LogP contribution < -0.4 is 16.0 Å². The van der Waals surface area contributed by atoms with Gasteiger partial charge in [0, 0.05) is 38.6 Å². The predicted octanol–water partition coefficient (Wildman–Crippen LogP) is 3.26. The van der Waals surface area contributed by atoms with Crippen molar-refractivity contribution in [2.75, 3.05) is 50.5 Å². The van der Waals surface area contributed by atoms with Gasteiger partial charge in [-0.3, -0.25) is 4.98 Å². The Morgan fingerprint density at radius 2 is 1.90 bits per heavy atom. The van der Waals surface area contributed by atoms with Gasteiger partial charge in [-0.25, -0.2) is 9.97 Å². The van der Waals surface area contributed by atoms with Gasteiger partial charge in [0.2, 0.25) is 0 Å². The van der Waals surface area contributed by atoms with Gasteiger partial charge in [-0.15, -0.1) is 0 Å². The van der Waals surface area contributed by atoms with Crippen LogP contribution in [0.1, 0.15) is 25.7 Å². The molecule has 0 atom stereocenters. The van der Waals surface area contributed by atoms with Gasteiger partial charge in [0.1, 0.15) is 18.4 Å².